The van der Waals surface area contributed by atoms with Gasteiger partial charge in [-0.15, -0.1) is 0 Å². The van der Waals surface area contributed by atoms with Gasteiger partial charge in [-0.2, -0.15) is 0 Å². The van der Waals surface area contributed by atoms with Gasteiger partial charge in [0.05, 0.1) is 6.10 Å². The molecule has 2 nitrogen and oxygen atoms in total. The SMILES string of the molecule is CNC(C)CC(C)(C)c1ccccc1OC(C)C. The molecule has 0 amide bonds. The van der Waals surface area contributed by atoms with E-state index in [9.17, 15) is 0 Å². The summed E-state index contributed by atoms with van der Waals surface area (Å²) in [6.07, 6.45) is 1.30. The van der Waals surface area contributed by atoms with Crippen LogP contribution in [0.5, 0.6) is 5.75 Å². The number of hydrogen-bond donors (Lipinski definition) is 1. The number of benzene rings is 1. The van der Waals surface area contributed by atoms with Crippen LogP contribution in [0.15, 0.2) is 24.3 Å². The molecule has 0 bridgehead atoms. The predicted molar refractivity (Wildman–Crippen MR) is 78.4 cm³/mol. The van der Waals surface area contributed by atoms with E-state index in [1.807, 2.05) is 13.1 Å². The first-order valence-electron chi connectivity index (χ1n) is 6.80. The zero-order chi connectivity index (χ0) is 13.8. The molecule has 1 N–H and O–H groups in total. The van der Waals surface area contributed by atoms with E-state index in [2.05, 4.69) is 58.1 Å². The van der Waals surface area contributed by atoms with Gasteiger partial charge in [-0.3, -0.25) is 0 Å². The molecule has 1 aromatic rings. The first-order valence-corrected chi connectivity index (χ1v) is 6.80. The maximum atomic E-state index is 5.93. The Morgan fingerprint density at radius 2 is 1.78 bits per heavy atom. The predicted octanol–water partition coefficient (Wildman–Crippen LogP) is 3.75. The van der Waals surface area contributed by atoms with Crippen LogP contribution in [0.2, 0.25) is 0 Å². The lowest BCUT2D eigenvalue weighted by atomic mass is 9.79. The molecule has 0 heterocycles. The summed E-state index contributed by atoms with van der Waals surface area (Å²) in [5.41, 5.74) is 1.40. The van der Waals surface area contributed by atoms with Crippen LogP contribution in [0.1, 0.15) is 46.6 Å². The molecule has 0 spiro atoms. The number of nitrogens with one attached hydrogen (secondary N) is 1. The Morgan fingerprint density at radius 3 is 2.33 bits per heavy atom. The largest absolute Gasteiger partial charge is 0.491 e. The summed E-state index contributed by atoms with van der Waals surface area (Å²) in [6, 6.07) is 8.88. The topological polar surface area (TPSA) is 21.3 Å². The summed E-state index contributed by atoms with van der Waals surface area (Å²) in [4.78, 5) is 0. The van der Waals surface area contributed by atoms with Gasteiger partial charge in [0.15, 0.2) is 0 Å². The van der Waals surface area contributed by atoms with Crippen LogP contribution in [0.25, 0.3) is 0 Å². The number of para-hydroxylation sites is 1. The van der Waals surface area contributed by atoms with E-state index in [0.29, 0.717) is 6.04 Å². The van der Waals surface area contributed by atoms with Crippen molar-refractivity contribution in [1.29, 1.82) is 0 Å². The molecule has 0 aliphatic heterocycles. The van der Waals surface area contributed by atoms with Crippen molar-refractivity contribution in [1.82, 2.24) is 5.32 Å². The van der Waals surface area contributed by atoms with E-state index in [4.69, 9.17) is 4.74 Å². The molecule has 0 saturated carbocycles. The lowest BCUT2D eigenvalue weighted by molar-refractivity contribution is 0.234. The average Bonchev–Trinajstić information content (AvgIpc) is 2.28. The summed E-state index contributed by atoms with van der Waals surface area (Å²) in [7, 11) is 2.01. The smallest absolute Gasteiger partial charge is 0.123 e. The van der Waals surface area contributed by atoms with Gasteiger partial charge in [0.25, 0.3) is 0 Å². The van der Waals surface area contributed by atoms with Gasteiger partial charge in [-0.05, 0) is 51.3 Å². The van der Waals surface area contributed by atoms with Gasteiger partial charge in [0, 0.05) is 6.04 Å². The minimum absolute atomic E-state index is 0.105. The third-order valence-corrected chi connectivity index (χ3v) is 3.29. The minimum Gasteiger partial charge on any atom is -0.491 e. The average molecular weight is 249 g/mol. The maximum absolute atomic E-state index is 5.93. The van der Waals surface area contributed by atoms with Crippen LogP contribution in [0.4, 0.5) is 0 Å². The van der Waals surface area contributed by atoms with Crippen molar-refractivity contribution in [2.75, 3.05) is 7.05 Å². The molecule has 1 atom stereocenters. The molecule has 0 aliphatic carbocycles. The number of ether oxygens (including phenoxy) is 1. The first kappa shape index (κ1) is 15.0. The van der Waals surface area contributed by atoms with E-state index in [0.717, 1.165) is 12.2 Å². The second-order valence-electron chi connectivity index (χ2n) is 5.94. The minimum atomic E-state index is 0.105. The van der Waals surface area contributed by atoms with Gasteiger partial charge in [-0.1, -0.05) is 32.0 Å². The fourth-order valence-electron chi connectivity index (χ4n) is 2.36. The lowest BCUT2D eigenvalue weighted by Crippen LogP contribution is -2.31. The molecule has 1 aromatic carbocycles. The highest BCUT2D eigenvalue weighted by Crippen LogP contribution is 2.35. The highest BCUT2D eigenvalue weighted by atomic mass is 16.5. The first-order chi connectivity index (χ1) is 8.36. The molecule has 1 unspecified atom stereocenters. The second-order valence-corrected chi connectivity index (χ2v) is 5.94. The number of rotatable bonds is 6. The van der Waals surface area contributed by atoms with Crippen molar-refractivity contribution in [2.24, 2.45) is 0 Å². The van der Waals surface area contributed by atoms with Crippen molar-refractivity contribution >= 4 is 0 Å². The van der Waals surface area contributed by atoms with E-state index >= 15 is 0 Å². The van der Waals surface area contributed by atoms with Gasteiger partial charge in [0.1, 0.15) is 5.75 Å². The van der Waals surface area contributed by atoms with Crippen molar-refractivity contribution in [2.45, 2.75) is 58.6 Å². The van der Waals surface area contributed by atoms with E-state index in [1.54, 1.807) is 0 Å². The molecular formula is C16H27NO. The third-order valence-electron chi connectivity index (χ3n) is 3.29. The Morgan fingerprint density at radius 1 is 1.17 bits per heavy atom. The molecular weight excluding hydrogens is 222 g/mol. The Bertz CT molecular complexity index is 371. The van der Waals surface area contributed by atoms with Crippen LogP contribution in [0.3, 0.4) is 0 Å². The normalized spacial score (nSPS) is 13.7. The van der Waals surface area contributed by atoms with Gasteiger partial charge < -0.3 is 10.1 Å². The maximum Gasteiger partial charge on any atom is 0.123 e. The molecule has 0 radical (unpaired) electrons. The van der Waals surface area contributed by atoms with Gasteiger partial charge >= 0.3 is 0 Å². The van der Waals surface area contributed by atoms with E-state index in [1.165, 1.54) is 5.56 Å². The van der Waals surface area contributed by atoms with Crippen molar-refractivity contribution in [3.05, 3.63) is 29.8 Å². The Kier molecular flexibility index (Phi) is 5.21. The third kappa shape index (κ3) is 4.02. The fourth-order valence-corrected chi connectivity index (χ4v) is 2.36. The van der Waals surface area contributed by atoms with Crippen LogP contribution < -0.4 is 10.1 Å². The Labute approximate surface area is 112 Å². The van der Waals surface area contributed by atoms with Gasteiger partial charge in [0.2, 0.25) is 0 Å². The summed E-state index contributed by atoms with van der Waals surface area (Å²) in [5, 5.41) is 3.31. The van der Waals surface area contributed by atoms with Crippen LogP contribution in [-0.4, -0.2) is 19.2 Å². The highest BCUT2D eigenvalue weighted by Gasteiger charge is 2.26. The van der Waals surface area contributed by atoms with Crippen molar-refractivity contribution in [3.63, 3.8) is 0 Å². The molecule has 0 fully saturated rings. The lowest BCUT2D eigenvalue weighted by Gasteiger charge is -2.30. The summed E-state index contributed by atoms with van der Waals surface area (Å²) >= 11 is 0. The monoisotopic (exact) mass is 249 g/mol. The summed E-state index contributed by atoms with van der Waals surface area (Å²) in [5.74, 6) is 1.01. The highest BCUT2D eigenvalue weighted by molar-refractivity contribution is 5.39. The van der Waals surface area contributed by atoms with Crippen LogP contribution in [-0.2, 0) is 5.41 Å². The summed E-state index contributed by atoms with van der Waals surface area (Å²) in [6.45, 7) is 10.9. The van der Waals surface area contributed by atoms with E-state index in [-0.39, 0.29) is 11.5 Å². The summed E-state index contributed by atoms with van der Waals surface area (Å²) < 4.78 is 5.93. The molecule has 0 aromatic heterocycles. The Balaban J connectivity index is 2.99. The fraction of sp³-hybridized carbons (Fsp3) is 0.625. The van der Waals surface area contributed by atoms with Gasteiger partial charge in [-0.25, -0.2) is 0 Å². The van der Waals surface area contributed by atoms with Crippen molar-refractivity contribution < 1.29 is 4.74 Å². The molecule has 2 heteroatoms. The molecule has 0 aliphatic rings. The molecule has 102 valence electrons. The van der Waals surface area contributed by atoms with Crippen LogP contribution >= 0.6 is 0 Å². The zero-order valence-corrected chi connectivity index (χ0v) is 12.6. The van der Waals surface area contributed by atoms with E-state index < -0.39 is 0 Å². The quantitative estimate of drug-likeness (QED) is 0.829. The standard InChI is InChI=1S/C16H27NO/c1-12(2)18-15-10-8-7-9-14(15)16(4,5)11-13(3)17-6/h7-10,12-13,17H,11H2,1-6H3. The van der Waals surface area contributed by atoms with Crippen LogP contribution in [0, 0.1) is 0 Å². The second kappa shape index (κ2) is 6.24. The Hall–Kier alpha value is -1.02. The molecule has 0 saturated heterocycles. The molecule has 1 rings (SSSR count). The zero-order valence-electron chi connectivity index (χ0n) is 12.6. The number of hydrogen-bond acceptors (Lipinski definition) is 2. The van der Waals surface area contributed by atoms with Crippen molar-refractivity contribution in [3.8, 4) is 5.75 Å². The molecule has 18 heavy (non-hydrogen) atoms.